The molecule has 0 unspecified atom stereocenters. The fourth-order valence-corrected chi connectivity index (χ4v) is 9.41. The van der Waals surface area contributed by atoms with Gasteiger partial charge in [-0.25, -0.2) is 4.98 Å². The smallest absolute Gasteiger partial charge is 0.238 e. The van der Waals surface area contributed by atoms with Gasteiger partial charge in [0.1, 0.15) is 9.57 Å². The van der Waals surface area contributed by atoms with Crippen LogP contribution in [0.5, 0.6) is 5.75 Å². The Hall–Kier alpha value is -1.78. The lowest BCUT2D eigenvalue weighted by molar-refractivity contribution is -0.117. The van der Waals surface area contributed by atoms with Gasteiger partial charge >= 0.3 is 0 Å². The van der Waals surface area contributed by atoms with Crippen LogP contribution in [0.1, 0.15) is 31.2 Å². The van der Waals surface area contributed by atoms with Crippen molar-refractivity contribution in [3.05, 3.63) is 50.7 Å². The number of aryl methyl sites for hydroxylation is 1. The Morgan fingerprint density at radius 2 is 2.03 bits per heavy atom. The van der Waals surface area contributed by atoms with E-state index in [9.17, 15) is 4.79 Å². The predicted octanol–water partition coefficient (Wildman–Crippen LogP) is 7.90. The number of carbonyl (C=O) groups excluding carboxylic acids is 1. The predicted molar refractivity (Wildman–Crippen MR) is 145 cm³/mol. The number of nitrogens with zero attached hydrogens (tertiary/aromatic N) is 2. The van der Waals surface area contributed by atoms with E-state index in [-0.39, 0.29) is 5.91 Å². The first-order valence-corrected chi connectivity index (χ1v) is 14.9. The molecule has 170 valence electrons. The molecule has 3 heterocycles. The summed E-state index contributed by atoms with van der Waals surface area (Å²) in [5.74, 6) is 1.23. The third kappa shape index (κ3) is 4.04. The highest BCUT2D eigenvalue weighted by molar-refractivity contribution is 8.01. The van der Waals surface area contributed by atoms with Gasteiger partial charge in [-0.05, 0) is 58.0 Å². The molecule has 0 saturated carbocycles. The SMILES string of the molecule is CCOc1ccc2nc(SCC(=O)N3c4ccc(C)cc4-c4c(ssc4=S)C3(C)C)sc2c1. The molecule has 33 heavy (non-hydrogen) atoms. The fraction of sp³-hybridized carbons (Fsp3) is 0.292. The summed E-state index contributed by atoms with van der Waals surface area (Å²) >= 11 is 8.77. The van der Waals surface area contributed by atoms with Crippen LogP contribution in [-0.4, -0.2) is 23.3 Å². The van der Waals surface area contributed by atoms with E-state index in [1.807, 2.05) is 30.0 Å². The molecular formula is C24H22N2O2S5. The Balaban J connectivity index is 1.45. The number of anilines is 1. The molecule has 0 radical (unpaired) electrons. The van der Waals surface area contributed by atoms with Crippen molar-refractivity contribution >= 4 is 77.8 Å². The monoisotopic (exact) mass is 530 g/mol. The number of amides is 1. The summed E-state index contributed by atoms with van der Waals surface area (Å²) in [6.45, 7) is 8.90. The van der Waals surface area contributed by atoms with Gasteiger partial charge < -0.3 is 9.64 Å². The molecule has 1 aliphatic rings. The standard InChI is InChI=1S/C24H22N2O2S5/c1-5-28-14-7-8-16-18(11-14)31-23(25-16)30-12-19(27)26-17-9-6-13(2)10-15(17)20-21(24(26,3)4)32-33-22(20)29/h6-11H,5,12H2,1-4H3. The molecule has 4 nitrogen and oxygen atoms in total. The second-order valence-electron chi connectivity index (χ2n) is 8.30. The van der Waals surface area contributed by atoms with E-state index in [1.165, 1.54) is 11.8 Å². The van der Waals surface area contributed by atoms with Crippen molar-refractivity contribution in [2.24, 2.45) is 0 Å². The van der Waals surface area contributed by atoms with Gasteiger partial charge in [-0.1, -0.05) is 56.3 Å². The maximum atomic E-state index is 13.6. The highest BCUT2D eigenvalue weighted by Gasteiger charge is 2.42. The van der Waals surface area contributed by atoms with E-state index in [2.05, 4.69) is 39.0 Å². The van der Waals surface area contributed by atoms with Crippen LogP contribution in [0.25, 0.3) is 21.3 Å². The molecule has 0 bridgehead atoms. The third-order valence-corrected chi connectivity index (χ3v) is 11.1. The third-order valence-electron chi connectivity index (χ3n) is 5.63. The first-order chi connectivity index (χ1) is 15.8. The summed E-state index contributed by atoms with van der Waals surface area (Å²) in [5, 5.41) is 0. The van der Waals surface area contributed by atoms with Crippen molar-refractivity contribution in [3.63, 3.8) is 0 Å². The minimum atomic E-state index is -0.465. The van der Waals surface area contributed by atoms with Gasteiger partial charge in [0.25, 0.3) is 0 Å². The minimum Gasteiger partial charge on any atom is -0.494 e. The van der Waals surface area contributed by atoms with Gasteiger partial charge in [0, 0.05) is 11.1 Å². The van der Waals surface area contributed by atoms with E-state index in [1.54, 1.807) is 32.0 Å². The maximum absolute atomic E-state index is 13.6. The summed E-state index contributed by atoms with van der Waals surface area (Å²) in [7, 11) is 3.30. The van der Waals surface area contributed by atoms with Crippen molar-refractivity contribution < 1.29 is 9.53 Å². The summed E-state index contributed by atoms with van der Waals surface area (Å²) in [5.41, 5.74) is 4.75. The molecule has 1 aliphatic heterocycles. The highest BCUT2D eigenvalue weighted by atomic mass is 32.9. The van der Waals surface area contributed by atoms with Crippen LogP contribution in [0.4, 0.5) is 5.69 Å². The molecule has 0 N–H and O–H groups in total. The number of hydrogen-bond donors (Lipinski definition) is 0. The maximum Gasteiger partial charge on any atom is 0.238 e. The van der Waals surface area contributed by atoms with Crippen LogP contribution in [0.15, 0.2) is 40.7 Å². The number of ether oxygens (including phenoxy) is 1. The van der Waals surface area contributed by atoms with Gasteiger partial charge in [0.2, 0.25) is 5.91 Å². The van der Waals surface area contributed by atoms with Gasteiger partial charge in [-0.3, -0.25) is 4.79 Å². The molecule has 0 spiro atoms. The number of carbonyl (C=O) groups is 1. The van der Waals surface area contributed by atoms with Crippen LogP contribution < -0.4 is 9.64 Å². The molecule has 1 amide bonds. The number of fused-ring (bicyclic) bond motifs is 4. The molecule has 2 aromatic heterocycles. The zero-order valence-electron chi connectivity index (χ0n) is 18.6. The van der Waals surface area contributed by atoms with Gasteiger partial charge in [0.15, 0.2) is 4.34 Å². The van der Waals surface area contributed by atoms with E-state index >= 15 is 0 Å². The summed E-state index contributed by atoms with van der Waals surface area (Å²) in [4.78, 5) is 21.5. The molecule has 9 heteroatoms. The number of thiazole rings is 1. The molecule has 0 saturated heterocycles. The number of aromatic nitrogens is 1. The molecule has 2 aromatic carbocycles. The van der Waals surface area contributed by atoms with E-state index in [0.29, 0.717) is 12.4 Å². The Kier molecular flexibility index (Phi) is 6.11. The van der Waals surface area contributed by atoms with Crippen molar-refractivity contribution in [3.8, 4) is 16.9 Å². The molecular weight excluding hydrogens is 509 g/mol. The lowest BCUT2D eigenvalue weighted by atomic mass is 9.87. The minimum absolute atomic E-state index is 0.0688. The van der Waals surface area contributed by atoms with Crippen molar-refractivity contribution in [2.75, 3.05) is 17.3 Å². The summed E-state index contributed by atoms with van der Waals surface area (Å²) in [6.07, 6.45) is 0. The number of thioether (sulfide) groups is 1. The average molecular weight is 531 g/mol. The van der Waals surface area contributed by atoms with Gasteiger partial charge in [0.05, 0.1) is 38.7 Å². The molecule has 5 rings (SSSR count). The largest absolute Gasteiger partial charge is 0.494 e. The normalized spacial score (nSPS) is 14.2. The van der Waals surface area contributed by atoms with Crippen LogP contribution in [0, 0.1) is 10.7 Å². The Bertz CT molecular complexity index is 1430. The van der Waals surface area contributed by atoms with Crippen LogP contribution >= 0.6 is 56.0 Å². The van der Waals surface area contributed by atoms with Gasteiger partial charge in [-0.15, -0.1) is 11.3 Å². The topological polar surface area (TPSA) is 42.4 Å². The second kappa shape index (κ2) is 8.78. The average Bonchev–Trinajstić information content (AvgIpc) is 3.36. The summed E-state index contributed by atoms with van der Waals surface area (Å²) < 4.78 is 8.46. The van der Waals surface area contributed by atoms with Gasteiger partial charge in [-0.2, -0.15) is 0 Å². The lowest BCUT2D eigenvalue weighted by Gasteiger charge is -2.43. The summed E-state index contributed by atoms with van der Waals surface area (Å²) in [6, 6.07) is 12.2. The Labute approximate surface area is 213 Å². The van der Waals surface area contributed by atoms with Crippen molar-refractivity contribution in [1.29, 1.82) is 0 Å². The zero-order valence-corrected chi connectivity index (χ0v) is 22.7. The Morgan fingerprint density at radius 3 is 2.82 bits per heavy atom. The van der Waals surface area contributed by atoms with E-state index < -0.39 is 5.54 Å². The van der Waals surface area contributed by atoms with E-state index in [0.717, 1.165) is 51.4 Å². The molecule has 0 aliphatic carbocycles. The van der Waals surface area contributed by atoms with Crippen molar-refractivity contribution in [1.82, 2.24) is 4.98 Å². The van der Waals surface area contributed by atoms with E-state index in [4.69, 9.17) is 21.9 Å². The quantitative estimate of drug-likeness (QED) is 0.149. The lowest BCUT2D eigenvalue weighted by Crippen LogP contribution is -2.48. The van der Waals surface area contributed by atoms with Crippen LogP contribution in [0.3, 0.4) is 0 Å². The molecule has 4 aromatic rings. The molecule has 0 atom stereocenters. The van der Waals surface area contributed by atoms with Crippen LogP contribution in [-0.2, 0) is 10.3 Å². The number of benzene rings is 2. The van der Waals surface area contributed by atoms with Crippen LogP contribution in [0.2, 0.25) is 0 Å². The molecule has 0 fully saturated rings. The zero-order chi connectivity index (χ0) is 23.3. The number of rotatable bonds is 5. The number of hydrogen-bond acceptors (Lipinski definition) is 8. The van der Waals surface area contributed by atoms with Crippen molar-refractivity contribution in [2.45, 2.75) is 37.6 Å². The highest BCUT2D eigenvalue weighted by Crippen LogP contribution is 2.52. The Morgan fingerprint density at radius 1 is 1.21 bits per heavy atom. The fourth-order valence-electron chi connectivity index (χ4n) is 4.18. The first-order valence-electron chi connectivity index (χ1n) is 10.5. The second-order valence-corrected chi connectivity index (χ2v) is 13.4. The first kappa shape index (κ1) is 23.0.